The molecule has 0 saturated heterocycles. The van der Waals surface area contributed by atoms with Crippen molar-refractivity contribution in [3.05, 3.63) is 52.1 Å². The molecule has 0 atom stereocenters. The molecule has 0 fully saturated rings. The first-order chi connectivity index (χ1) is 8.16. The lowest BCUT2D eigenvalue weighted by atomic mass is 10.2. The smallest absolute Gasteiger partial charge is 0.115 e. The highest BCUT2D eigenvalue weighted by molar-refractivity contribution is 7.98. The van der Waals surface area contributed by atoms with Gasteiger partial charge in [-0.2, -0.15) is 0 Å². The molecule has 17 heavy (non-hydrogen) atoms. The van der Waals surface area contributed by atoms with Gasteiger partial charge in [-0.15, -0.1) is 11.8 Å². The van der Waals surface area contributed by atoms with E-state index in [-0.39, 0.29) is 0 Å². The van der Waals surface area contributed by atoms with Crippen LogP contribution in [0.5, 0.6) is 0 Å². The molecule has 5 heteroatoms. The van der Waals surface area contributed by atoms with E-state index in [0.717, 1.165) is 16.3 Å². The third-order valence-electron chi connectivity index (χ3n) is 2.16. The van der Waals surface area contributed by atoms with E-state index < -0.39 is 0 Å². The lowest BCUT2D eigenvalue weighted by Crippen LogP contribution is -1.89. The summed E-state index contributed by atoms with van der Waals surface area (Å²) in [6.07, 6.45) is 1.73. The number of halogens is 2. The normalized spacial score (nSPS) is 10.5. The monoisotopic (exact) mass is 284 g/mol. The molecule has 1 aromatic heterocycles. The molecule has 0 aliphatic carbocycles. The number of hydrogen-bond acceptors (Lipinski definition) is 3. The molecular weight excluding hydrogens is 275 g/mol. The Hall–Kier alpha value is -0.900. The van der Waals surface area contributed by atoms with Crippen molar-refractivity contribution in [1.29, 1.82) is 0 Å². The van der Waals surface area contributed by atoms with Crippen molar-refractivity contribution in [2.45, 2.75) is 10.8 Å². The number of pyridine rings is 1. The van der Waals surface area contributed by atoms with Crippen molar-refractivity contribution in [2.75, 3.05) is 5.73 Å². The number of anilines is 1. The average Bonchev–Trinajstić information content (AvgIpc) is 2.32. The van der Waals surface area contributed by atoms with Crippen LogP contribution in [0, 0.1) is 0 Å². The molecule has 0 aliphatic rings. The van der Waals surface area contributed by atoms with E-state index >= 15 is 0 Å². The average molecular weight is 285 g/mol. The molecular formula is C12H10Cl2N2S. The second-order valence-electron chi connectivity index (χ2n) is 3.43. The van der Waals surface area contributed by atoms with Gasteiger partial charge in [-0.1, -0.05) is 29.3 Å². The van der Waals surface area contributed by atoms with Crippen molar-refractivity contribution in [3.8, 4) is 0 Å². The van der Waals surface area contributed by atoms with Gasteiger partial charge in [0.05, 0.1) is 15.7 Å². The SMILES string of the molecule is Nc1cc(CSc2ncccc2Cl)ccc1Cl. The van der Waals surface area contributed by atoms with Crippen LogP contribution in [-0.4, -0.2) is 4.98 Å². The van der Waals surface area contributed by atoms with Gasteiger partial charge in [0.2, 0.25) is 0 Å². The summed E-state index contributed by atoms with van der Waals surface area (Å²) in [5, 5.41) is 2.07. The van der Waals surface area contributed by atoms with Gasteiger partial charge in [-0.3, -0.25) is 0 Å². The van der Waals surface area contributed by atoms with E-state index in [0.29, 0.717) is 15.7 Å². The summed E-state index contributed by atoms with van der Waals surface area (Å²) in [6, 6.07) is 9.25. The highest BCUT2D eigenvalue weighted by Gasteiger charge is 2.03. The zero-order valence-electron chi connectivity index (χ0n) is 8.86. The largest absolute Gasteiger partial charge is 0.398 e. The highest BCUT2D eigenvalue weighted by atomic mass is 35.5. The minimum absolute atomic E-state index is 0.578. The summed E-state index contributed by atoms with van der Waals surface area (Å²) in [5.74, 6) is 0.762. The molecule has 1 heterocycles. The summed E-state index contributed by atoms with van der Waals surface area (Å²) < 4.78 is 0. The topological polar surface area (TPSA) is 38.9 Å². The Kier molecular flexibility index (Phi) is 4.15. The molecule has 0 radical (unpaired) electrons. The number of nitrogen functional groups attached to an aromatic ring is 1. The summed E-state index contributed by atoms with van der Waals surface area (Å²) in [5.41, 5.74) is 7.43. The Labute approximate surface area is 114 Å². The van der Waals surface area contributed by atoms with Crippen LogP contribution in [0.2, 0.25) is 10.0 Å². The van der Waals surface area contributed by atoms with E-state index in [1.54, 1.807) is 24.0 Å². The zero-order valence-corrected chi connectivity index (χ0v) is 11.2. The molecule has 2 nitrogen and oxygen atoms in total. The molecule has 0 spiro atoms. The van der Waals surface area contributed by atoms with Gasteiger partial charge in [0.15, 0.2) is 0 Å². The number of nitrogens with zero attached hydrogens (tertiary/aromatic N) is 1. The maximum Gasteiger partial charge on any atom is 0.115 e. The second-order valence-corrected chi connectivity index (χ2v) is 5.21. The van der Waals surface area contributed by atoms with E-state index in [1.165, 1.54) is 0 Å². The predicted molar refractivity (Wildman–Crippen MR) is 74.7 cm³/mol. The Balaban J connectivity index is 2.08. The van der Waals surface area contributed by atoms with Crippen LogP contribution in [0.3, 0.4) is 0 Å². The summed E-state index contributed by atoms with van der Waals surface area (Å²) in [6.45, 7) is 0. The molecule has 1 aromatic carbocycles. The Morgan fingerprint density at radius 3 is 2.71 bits per heavy atom. The summed E-state index contributed by atoms with van der Waals surface area (Å²) in [4.78, 5) is 4.21. The van der Waals surface area contributed by atoms with E-state index in [1.807, 2.05) is 24.3 Å². The minimum Gasteiger partial charge on any atom is -0.398 e. The van der Waals surface area contributed by atoms with Crippen LogP contribution < -0.4 is 5.73 Å². The Morgan fingerprint density at radius 2 is 2.00 bits per heavy atom. The minimum atomic E-state index is 0.578. The molecule has 0 saturated carbocycles. The Bertz CT molecular complexity index is 532. The molecule has 88 valence electrons. The van der Waals surface area contributed by atoms with Gasteiger partial charge in [-0.05, 0) is 29.8 Å². The van der Waals surface area contributed by atoms with Gasteiger partial charge >= 0.3 is 0 Å². The number of thioether (sulfide) groups is 1. The maximum absolute atomic E-state index is 6.02. The van der Waals surface area contributed by atoms with Gasteiger partial charge < -0.3 is 5.73 Å². The summed E-state index contributed by atoms with van der Waals surface area (Å²) in [7, 11) is 0. The van der Waals surface area contributed by atoms with Crippen molar-refractivity contribution in [2.24, 2.45) is 0 Å². The van der Waals surface area contributed by atoms with E-state index in [9.17, 15) is 0 Å². The van der Waals surface area contributed by atoms with Crippen molar-refractivity contribution >= 4 is 40.7 Å². The standard InChI is InChI=1S/C12H10Cl2N2S/c13-9-4-3-8(6-11(9)15)7-17-12-10(14)2-1-5-16-12/h1-6H,7,15H2. The fourth-order valence-electron chi connectivity index (χ4n) is 1.31. The molecule has 0 unspecified atom stereocenters. The van der Waals surface area contributed by atoms with Gasteiger partial charge in [0.1, 0.15) is 5.03 Å². The molecule has 0 amide bonds. The number of rotatable bonds is 3. The van der Waals surface area contributed by atoms with Gasteiger partial charge in [0, 0.05) is 11.9 Å². The van der Waals surface area contributed by atoms with Crippen LogP contribution in [0.25, 0.3) is 0 Å². The second kappa shape index (κ2) is 5.63. The fourth-order valence-corrected chi connectivity index (χ4v) is 2.54. The summed E-state index contributed by atoms with van der Waals surface area (Å²) >= 11 is 13.4. The lowest BCUT2D eigenvalue weighted by Gasteiger charge is -2.04. The lowest BCUT2D eigenvalue weighted by molar-refractivity contribution is 1.13. The zero-order chi connectivity index (χ0) is 12.3. The third kappa shape index (κ3) is 3.28. The number of hydrogen-bond donors (Lipinski definition) is 1. The van der Waals surface area contributed by atoms with Crippen molar-refractivity contribution in [3.63, 3.8) is 0 Å². The van der Waals surface area contributed by atoms with Crippen LogP contribution in [0.15, 0.2) is 41.6 Å². The van der Waals surface area contributed by atoms with Crippen LogP contribution in [0.1, 0.15) is 5.56 Å². The van der Waals surface area contributed by atoms with E-state index in [2.05, 4.69) is 4.98 Å². The van der Waals surface area contributed by atoms with Gasteiger partial charge in [0.25, 0.3) is 0 Å². The van der Waals surface area contributed by atoms with E-state index in [4.69, 9.17) is 28.9 Å². The molecule has 0 aliphatic heterocycles. The Morgan fingerprint density at radius 1 is 1.18 bits per heavy atom. The fraction of sp³-hybridized carbons (Fsp3) is 0.0833. The number of benzene rings is 1. The molecule has 2 N–H and O–H groups in total. The van der Waals surface area contributed by atoms with Gasteiger partial charge in [-0.25, -0.2) is 4.98 Å². The molecule has 0 bridgehead atoms. The van der Waals surface area contributed by atoms with Crippen LogP contribution >= 0.6 is 35.0 Å². The highest BCUT2D eigenvalue weighted by Crippen LogP contribution is 2.29. The first-order valence-electron chi connectivity index (χ1n) is 4.94. The first-order valence-corrected chi connectivity index (χ1v) is 6.68. The first kappa shape index (κ1) is 12.6. The third-order valence-corrected chi connectivity index (χ3v) is 4.00. The number of aromatic nitrogens is 1. The predicted octanol–water partition coefficient (Wildman–Crippen LogP) is 4.26. The van der Waals surface area contributed by atoms with Crippen molar-refractivity contribution < 1.29 is 0 Å². The van der Waals surface area contributed by atoms with Crippen molar-refractivity contribution in [1.82, 2.24) is 4.98 Å². The molecule has 2 rings (SSSR count). The maximum atomic E-state index is 6.02. The molecule has 2 aromatic rings. The quantitative estimate of drug-likeness (QED) is 0.676. The van der Waals surface area contributed by atoms with Crippen LogP contribution in [0.4, 0.5) is 5.69 Å². The van der Waals surface area contributed by atoms with Crippen LogP contribution in [-0.2, 0) is 5.75 Å². The number of nitrogens with two attached hydrogens (primary N) is 1.